The average Bonchev–Trinajstić information content (AvgIpc) is 3.07. The summed E-state index contributed by atoms with van der Waals surface area (Å²) < 4.78 is 0. The first kappa shape index (κ1) is 25.9. The molecule has 176 valence electrons. The van der Waals surface area contributed by atoms with Gasteiger partial charge < -0.3 is 10.2 Å². The van der Waals surface area contributed by atoms with Gasteiger partial charge in [-0.3, -0.25) is 4.90 Å². The van der Waals surface area contributed by atoms with Crippen LogP contribution in [-0.2, 0) is 0 Å². The highest BCUT2D eigenvalue weighted by Gasteiger charge is 2.29. The Morgan fingerprint density at radius 1 is 1.06 bits per heavy atom. The van der Waals surface area contributed by atoms with Crippen LogP contribution in [0.4, 0.5) is 16.4 Å². The molecule has 1 atom stereocenters. The molecule has 1 N–H and O–H groups in total. The number of piperazine rings is 1. The Morgan fingerprint density at radius 2 is 1.82 bits per heavy atom. The average molecular weight is 522 g/mol. The maximum Gasteiger partial charge on any atom is 0.139 e. The van der Waals surface area contributed by atoms with Crippen molar-refractivity contribution >= 4 is 70.1 Å². The van der Waals surface area contributed by atoms with Gasteiger partial charge in [-0.15, -0.1) is 47.9 Å². The predicted octanol–water partition coefficient (Wildman–Crippen LogP) is 6.83. The SMILES string of the molecule is Cc1cc2c(s1)Nc1ccccc1N=C2N1CCN(C)C(CCSc2ccccc2)C1.Cl.Cl. The lowest BCUT2D eigenvalue weighted by molar-refractivity contribution is 0.139. The van der Waals surface area contributed by atoms with Gasteiger partial charge in [-0.25, -0.2) is 4.99 Å². The zero-order valence-corrected chi connectivity index (χ0v) is 22.1. The summed E-state index contributed by atoms with van der Waals surface area (Å²) in [6.45, 7) is 5.26. The van der Waals surface area contributed by atoms with E-state index in [1.807, 2.05) is 23.1 Å². The number of anilines is 2. The van der Waals surface area contributed by atoms with E-state index in [0.29, 0.717) is 6.04 Å². The lowest BCUT2D eigenvalue weighted by atomic mass is 10.1. The van der Waals surface area contributed by atoms with Crippen molar-refractivity contribution in [1.82, 2.24) is 9.80 Å². The number of thiophene rings is 1. The van der Waals surface area contributed by atoms with Gasteiger partial charge in [0.1, 0.15) is 10.8 Å². The standard InChI is InChI=1S/C25H28N4S2.2ClH/c1-18-16-21-24(26-22-10-6-7-11-23(22)27-25(21)31-18)29-14-13-28(2)19(17-29)12-15-30-20-8-4-3-5-9-20;;/h3-11,16,19,27H,12-15,17H2,1-2H3;2*1H. The Balaban J connectivity index is 0.00000153. The number of amidine groups is 1. The molecule has 0 radical (unpaired) electrons. The molecule has 0 amide bonds. The third kappa shape index (κ3) is 5.87. The molecular formula is C25H30Cl2N4S2. The summed E-state index contributed by atoms with van der Waals surface area (Å²) >= 11 is 3.77. The van der Waals surface area contributed by atoms with Crippen LogP contribution in [0.25, 0.3) is 0 Å². The van der Waals surface area contributed by atoms with Crippen LogP contribution in [0.3, 0.4) is 0 Å². The van der Waals surface area contributed by atoms with Gasteiger partial charge in [0.2, 0.25) is 0 Å². The molecule has 1 aromatic heterocycles. The molecule has 0 saturated carbocycles. The highest BCUT2D eigenvalue weighted by Crippen LogP contribution is 2.39. The highest BCUT2D eigenvalue weighted by atomic mass is 35.5. The van der Waals surface area contributed by atoms with Gasteiger partial charge in [-0.05, 0) is 56.5 Å². The topological polar surface area (TPSA) is 30.9 Å². The number of benzene rings is 2. The minimum atomic E-state index is 0. The number of thioether (sulfide) groups is 1. The van der Waals surface area contributed by atoms with Gasteiger partial charge in [-0.2, -0.15) is 0 Å². The molecule has 1 saturated heterocycles. The van der Waals surface area contributed by atoms with Crippen molar-refractivity contribution in [2.45, 2.75) is 24.3 Å². The Kier molecular flexibility index (Phi) is 9.13. The summed E-state index contributed by atoms with van der Waals surface area (Å²) in [5.41, 5.74) is 3.35. The maximum absolute atomic E-state index is 5.17. The maximum atomic E-state index is 5.17. The van der Waals surface area contributed by atoms with Crippen LogP contribution in [-0.4, -0.2) is 54.1 Å². The Morgan fingerprint density at radius 3 is 2.64 bits per heavy atom. The first-order valence-corrected chi connectivity index (χ1v) is 12.7. The predicted molar refractivity (Wildman–Crippen MR) is 149 cm³/mol. The Hall–Kier alpha value is -1.70. The van der Waals surface area contributed by atoms with Gasteiger partial charge in [-0.1, -0.05) is 30.3 Å². The van der Waals surface area contributed by atoms with E-state index in [0.717, 1.165) is 42.6 Å². The second kappa shape index (κ2) is 11.6. The molecule has 2 aromatic carbocycles. The molecule has 1 fully saturated rings. The summed E-state index contributed by atoms with van der Waals surface area (Å²) in [6, 6.07) is 21.9. The van der Waals surface area contributed by atoms with E-state index in [4.69, 9.17) is 4.99 Å². The number of aliphatic imine (C=N–C) groups is 1. The molecule has 0 aliphatic carbocycles. The number of hydrogen-bond acceptors (Lipinski definition) is 6. The third-order valence-electron chi connectivity index (χ3n) is 6.01. The lowest BCUT2D eigenvalue weighted by Gasteiger charge is -2.41. The summed E-state index contributed by atoms with van der Waals surface area (Å²) in [7, 11) is 2.26. The molecule has 2 aliphatic heterocycles. The smallest absolute Gasteiger partial charge is 0.139 e. The Bertz CT molecular complexity index is 1090. The number of nitrogens with one attached hydrogen (secondary N) is 1. The molecule has 33 heavy (non-hydrogen) atoms. The fourth-order valence-electron chi connectivity index (χ4n) is 4.27. The van der Waals surface area contributed by atoms with Gasteiger partial charge >= 0.3 is 0 Å². The molecule has 8 heteroatoms. The summed E-state index contributed by atoms with van der Waals surface area (Å²) in [6.07, 6.45) is 1.17. The van der Waals surface area contributed by atoms with Crippen molar-refractivity contribution in [1.29, 1.82) is 0 Å². The third-order valence-corrected chi connectivity index (χ3v) is 8.03. The molecule has 2 aliphatic rings. The number of hydrogen-bond donors (Lipinski definition) is 1. The molecule has 4 nitrogen and oxygen atoms in total. The zero-order chi connectivity index (χ0) is 21.2. The van der Waals surface area contributed by atoms with Crippen molar-refractivity contribution in [3.63, 3.8) is 0 Å². The fourth-order valence-corrected chi connectivity index (χ4v) is 6.16. The van der Waals surface area contributed by atoms with Gasteiger partial charge in [0.15, 0.2) is 0 Å². The first-order chi connectivity index (χ1) is 15.2. The first-order valence-electron chi connectivity index (χ1n) is 10.9. The molecule has 0 spiro atoms. The molecule has 1 unspecified atom stereocenters. The van der Waals surface area contributed by atoms with Gasteiger partial charge in [0, 0.05) is 35.4 Å². The van der Waals surface area contributed by atoms with Crippen LogP contribution >= 0.6 is 47.9 Å². The number of halogens is 2. The molecule has 0 bridgehead atoms. The van der Waals surface area contributed by atoms with Crippen molar-refractivity contribution < 1.29 is 0 Å². The van der Waals surface area contributed by atoms with Crippen LogP contribution in [0, 0.1) is 6.92 Å². The fraction of sp³-hybridized carbons (Fsp3) is 0.320. The quantitative estimate of drug-likeness (QED) is 0.381. The van der Waals surface area contributed by atoms with E-state index < -0.39 is 0 Å². The van der Waals surface area contributed by atoms with E-state index in [9.17, 15) is 0 Å². The normalized spacial score (nSPS) is 17.5. The van der Waals surface area contributed by atoms with E-state index >= 15 is 0 Å². The molecule has 5 rings (SSSR count). The number of rotatable bonds is 4. The van der Waals surface area contributed by atoms with Crippen molar-refractivity contribution in [3.8, 4) is 0 Å². The summed E-state index contributed by atoms with van der Waals surface area (Å²) in [4.78, 5) is 12.9. The van der Waals surface area contributed by atoms with E-state index in [-0.39, 0.29) is 24.8 Å². The second-order valence-corrected chi connectivity index (χ2v) is 10.6. The number of aryl methyl sites for hydroxylation is 1. The largest absolute Gasteiger partial charge is 0.353 e. The molecule has 3 aromatic rings. The zero-order valence-electron chi connectivity index (χ0n) is 18.9. The summed E-state index contributed by atoms with van der Waals surface area (Å²) in [5.74, 6) is 2.25. The van der Waals surface area contributed by atoms with E-state index in [2.05, 4.69) is 89.8 Å². The van der Waals surface area contributed by atoms with Gasteiger partial charge in [0.05, 0.1) is 16.9 Å². The van der Waals surface area contributed by atoms with Crippen LogP contribution < -0.4 is 5.32 Å². The van der Waals surface area contributed by atoms with Crippen molar-refractivity contribution in [2.75, 3.05) is 37.8 Å². The minimum absolute atomic E-state index is 0. The Labute approximate surface area is 217 Å². The number of para-hydroxylation sites is 2. The van der Waals surface area contributed by atoms with E-state index in [1.165, 1.54) is 26.8 Å². The van der Waals surface area contributed by atoms with E-state index in [1.54, 1.807) is 0 Å². The van der Waals surface area contributed by atoms with Crippen LogP contribution in [0.5, 0.6) is 0 Å². The number of fused-ring (bicyclic) bond motifs is 2. The lowest BCUT2D eigenvalue weighted by Crippen LogP contribution is -2.53. The van der Waals surface area contributed by atoms with Gasteiger partial charge in [0.25, 0.3) is 0 Å². The highest BCUT2D eigenvalue weighted by molar-refractivity contribution is 7.99. The van der Waals surface area contributed by atoms with Crippen molar-refractivity contribution in [3.05, 3.63) is 71.1 Å². The van der Waals surface area contributed by atoms with Crippen LogP contribution in [0.2, 0.25) is 0 Å². The second-order valence-electron chi connectivity index (χ2n) is 8.21. The van der Waals surface area contributed by atoms with Crippen molar-refractivity contribution in [2.24, 2.45) is 4.99 Å². The van der Waals surface area contributed by atoms with Crippen LogP contribution in [0.15, 0.2) is 70.6 Å². The van der Waals surface area contributed by atoms with Crippen LogP contribution in [0.1, 0.15) is 16.9 Å². The minimum Gasteiger partial charge on any atom is -0.353 e. The molecule has 3 heterocycles. The number of nitrogens with zero attached hydrogens (tertiary/aromatic N) is 3. The monoisotopic (exact) mass is 520 g/mol. The number of likely N-dealkylation sites (N-methyl/N-ethyl adjacent to an activating group) is 1. The summed E-state index contributed by atoms with van der Waals surface area (Å²) in [5, 5.41) is 4.83. The molecular weight excluding hydrogens is 491 g/mol.